The van der Waals surface area contributed by atoms with Crippen molar-refractivity contribution >= 4 is 11.7 Å². The first-order chi connectivity index (χ1) is 11.8. The molecule has 0 aliphatic heterocycles. The summed E-state index contributed by atoms with van der Waals surface area (Å²) in [6.07, 6.45) is 3.45. The summed E-state index contributed by atoms with van der Waals surface area (Å²) in [5.41, 5.74) is 2.19. The molecular formula is C18H21N3O3. The van der Waals surface area contributed by atoms with Gasteiger partial charge in [-0.3, -0.25) is 4.79 Å². The van der Waals surface area contributed by atoms with Gasteiger partial charge in [0.2, 0.25) is 0 Å². The van der Waals surface area contributed by atoms with Crippen molar-refractivity contribution in [2.24, 2.45) is 5.16 Å². The molecule has 6 nitrogen and oxygen atoms in total. The highest BCUT2D eigenvalue weighted by Crippen LogP contribution is 2.09. The summed E-state index contributed by atoms with van der Waals surface area (Å²) in [5, 5.41) is 12.2. The van der Waals surface area contributed by atoms with Gasteiger partial charge < -0.3 is 9.57 Å². The van der Waals surface area contributed by atoms with E-state index in [0.29, 0.717) is 37.5 Å². The Morgan fingerprint density at radius 3 is 2.67 bits per heavy atom. The van der Waals surface area contributed by atoms with E-state index in [1.165, 1.54) is 0 Å². The molecule has 0 unspecified atom stereocenters. The number of carbonyl (C=O) groups excluding carboxylic acids is 1. The molecule has 0 bridgehead atoms. The van der Waals surface area contributed by atoms with Gasteiger partial charge in [-0.1, -0.05) is 35.5 Å². The summed E-state index contributed by atoms with van der Waals surface area (Å²) in [6, 6.07) is 13.3. The van der Waals surface area contributed by atoms with E-state index >= 15 is 0 Å². The third-order valence-electron chi connectivity index (χ3n) is 3.19. The molecule has 0 radical (unpaired) electrons. The van der Waals surface area contributed by atoms with Gasteiger partial charge in [0.15, 0.2) is 0 Å². The van der Waals surface area contributed by atoms with Gasteiger partial charge in [-0.25, -0.2) is 0 Å². The molecule has 126 valence electrons. The fourth-order valence-corrected chi connectivity index (χ4v) is 2.05. The third-order valence-corrected chi connectivity index (χ3v) is 3.19. The van der Waals surface area contributed by atoms with Crippen molar-refractivity contribution in [2.45, 2.75) is 26.2 Å². The number of benzene rings is 1. The maximum Gasteiger partial charge on any atom is 0.305 e. The normalized spacial score (nSPS) is 11.1. The minimum Gasteiger partial charge on any atom is -0.466 e. The minimum atomic E-state index is -0.175. The van der Waals surface area contributed by atoms with E-state index in [0.717, 1.165) is 12.0 Å². The van der Waals surface area contributed by atoms with Gasteiger partial charge in [0.05, 0.1) is 6.61 Å². The molecule has 2 aromatic rings. The summed E-state index contributed by atoms with van der Waals surface area (Å²) >= 11 is 0. The molecule has 0 fully saturated rings. The summed E-state index contributed by atoms with van der Waals surface area (Å²) in [5.74, 6) is -0.175. The lowest BCUT2D eigenvalue weighted by Crippen LogP contribution is -2.08. The highest BCUT2D eigenvalue weighted by Gasteiger charge is 2.09. The zero-order valence-corrected chi connectivity index (χ0v) is 13.7. The molecule has 0 spiro atoms. The molecule has 0 saturated heterocycles. The zero-order valence-electron chi connectivity index (χ0n) is 13.7. The van der Waals surface area contributed by atoms with Crippen LogP contribution in [0.25, 0.3) is 0 Å². The maximum absolute atomic E-state index is 11.2. The standard InChI is InChI=1S/C18H21N3O3/c1-2-23-17(22)12-6-7-14-24-21-18(15-9-4-3-5-10-15)16-11-8-13-19-20-16/h3-5,8-11,13H,2,6-7,12,14H2,1H3/b21-18-. The number of esters is 1. The van der Waals surface area contributed by atoms with Crippen LogP contribution in [0, 0.1) is 0 Å². The SMILES string of the molecule is CCOC(=O)CCCCO/N=C(/c1ccccc1)c1cccnn1. The molecule has 24 heavy (non-hydrogen) atoms. The second-order valence-electron chi connectivity index (χ2n) is 5.01. The summed E-state index contributed by atoms with van der Waals surface area (Å²) in [7, 11) is 0. The van der Waals surface area contributed by atoms with E-state index < -0.39 is 0 Å². The number of oxime groups is 1. The van der Waals surface area contributed by atoms with Crippen LogP contribution in [0.2, 0.25) is 0 Å². The smallest absolute Gasteiger partial charge is 0.305 e. The molecule has 1 heterocycles. The summed E-state index contributed by atoms with van der Waals surface area (Å²) in [4.78, 5) is 16.7. The van der Waals surface area contributed by atoms with Crippen LogP contribution in [-0.4, -0.2) is 35.1 Å². The number of nitrogens with zero attached hydrogens (tertiary/aromatic N) is 3. The van der Waals surface area contributed by atoms with E-state index in [-0.39, 0.29) is 5.97 Å². The zero-order chi connectivity index (χ0) is 17.0. The quantitative estimate of drug-likeness (QED) is 0.306. The maximum atomic E-state index is 11.2. The van der Waals surface area contributed by atoms with Gasteiger partial charge in [0, 0.05) is 18.2 Å². The van der Waals surface area contributed by atoms with Crippen LogP contribution in [0.5, 0.6) is 0 Å². The van der Waals surface area contributed by atoms with Crippen LogP contribution in [0.4, 0.5) is 0 Å². The fraction of sp³-hybridized carbons (Fsp3) is 0.333. The number of carbonyl (C=O) groups is 1. The molecule has 0 amide bonds. The largest absolute Gasteiger partial charge is 0.466 e. The van der Waals surface area contributed by atoms with Crippen LogP contribution >= 0.6 is 0 Å². The molecule has 0 N–H and O–H groups in total. The predicted octanol–water partition coefficient (Wildman–Crippen LogP) is 2.98. The van der Waals surface area contributed by atoms with Gasteiger partial charge >= 0.3 is 5.97 Å². The second-order valence-corrected chi connectivity index (χ2v) is 5.01. The average Bonchev–Trinajstić information content (AvgIpc) is 2.63. The molecule has 0 atom stereocenters. The van der Waals surface area contributed by atoms with Crippen molar-refractivity contribution in [1.29, 1.82) is 0 Å². The molecule has 1 aromatic heterocycles. The van der Waals surface area contributed by atoms with Crippen LogP contribution in [0.15, 0.2) is 53.8 Å². The Balaban J connectivity index is 1.91. The van der Waals surface area contributed by atoms with Gasteiger partial charge in [0.1, 0.15) is 18.0 Å². The van der Waals surface area contributed by atoms with Crippen molar-refractivity contribution in [3.63, 3.8) is 0 Å². The Labute approximate surface area is 141 Å². The van der Waals surface area contributed by atoms with Crippen LogP contribution in [-0.2, 0) is 14.4 Å². The Kier molecular flexibility index (Phi) is 7.40. The first-order valence-corrected chi connectivity index (χ1v) is 8.00. The fourth-order valence-electron chi connectivity index (χ4n) is 2.05. The molecule has 0 saturated carbocycles. The van der Waals surface area contributed by atoms with E-state index in [2.05, 4.69) is 15.4 Å². The summed E-state index contributed by atoms with van der Waals surface area (Å²) in [6.45, 7) is 2.64. The van der Waals surface area contributed by atoms with E-state index in [4.69, 9.17) is 9.57 Å². The Bertz CT molecular complexity index is 604. The molecule has 2 rings (SSSR count). The topological polar surface area (TPSA) is 73.7 Å². The molecular weight excluding hydrogens is 306 g/mol. The molecule has 0 aliphatic rings. The lowest BCUT2D eigenvalue weighted by Gasteiger charge is -2.06. The van der Waals surface area contributed by atoms with Gasteiger partial charge in [-0.2, -0.15) is 5.10 Å². The number of aromatic nitrogens is 2. The minimum absolute atomic E-state index is 0.175. The lowest BCUT2D eigenvalue weighted by molar-refractivity contribution is -0.143. The van der Waals surface area contributed by atoms with Crippen molar-refractivity contribution in [3.05, 3.63) is 59.9 Å². The number of hydrogen-bond acceptors (Lipinski definition) is 6. The van der Waals surface area contributed by atoms with Crippen LogP contribution < -0.4 is 0 Å². The number of hydrogen-bond donors (Lipinski definition) is 0. The lowest BCUT2D eigenvalue weighted by atomic mass is 10.1. The Morgan fingerprint density at radius 2 is 1.96 bits per heavy atom. The van der Waals surface area contributed by atoms with Crippen LogP contribution in [0.1, 0.15) is 37.4 Å². The van der Waals surface area contributed by atoms with Crippen molar-refractivity contribution in [3.8, 4) is 0 Å². The highest BCUT2D eigenvalue weighted by atomic mass is 16.6. The monoisotopic (exact) mass is 327 g/mol. The average molecular weight is 327 g/mol. The van der Waals surface area contributed by atoms with Gasteiger partial charge in [-0.15, -0.1) is 5.10 Å². The van der Waals surface area contributed by atoms with Crippen molar-refractivity contribution in [1.82, 2.24) is 10.2 Å². The summed E-state index contributed by atoms with van der Waals surface area (Å²) < 4.78 is 4.88. The van der Waals surface area contributed by atoms with Crippen molar-refractivity contribution in [2.75, 3.05) is 13.2 Å². The Hall–Kier alpha value is -2.76. The molecule has 6 heteroatoms. The van der Waals surface area contributed by atoms with E-state index in [1.807, 2.05) is 36.4 Å². The van der Waals surface area contributed by atoms with Crippen LogP contribution in [0.3, 0.4) is 0 Å². The highest BCUT2D eigenvalue weighted by molar-refractivity contribution is 6.11. The first-order valence-electron chi connectivity index (χ1n) is 8.00. The van der Waals surface area contributed by atoms with Gasteiger partial charge in [0.25, 0.3) is 0 Å². The van der Waals surface area contributed by atoms with Crippen molar-refractivity contribution < 1.29 is 14.4 Å². The number of unbranched alkanes of at least 4 members (excludes halogenated alkanes) is 1. The number of rotatable bonds is 9. The molecule has 0 aliphatic carbocycles. The number of ether oxygens (including phenoxy) is 1. The predicted molar refractivity (Wildman–Crippen MR) is 90.5 cm³/mol. The van der Waals surface area contributed by atoms with E-state index in [1.54, 1.807) is 19.2 Å². The second kappa shape index (κ2) is 10.1. The third kappa shape index (κ3) is 5.79. The van der Waals surface area contributed by atoms with E-state index in [9.17, 15) is 4.79 Å². The molecule has 1 aromatic carbocycles. The first kappa shape index (κ1) is 17.6. The Morgan fingerprint density at radius 1 is 1.12 bits per heavy atom. The van der Waals surface area contributed by atoms with Gasteiger partial charge in [-0.05, 0) is 31.9 Å².